The van der Waals surface area contributed by atoms with Crippen LogP contribution in [0.15, 0.2) is 4.99 Å². The number of amides is 1. The molecule has 0 saturated carbocycles. The van der Waals surface area contributed by atoms with Gasteiger partial charge in [0.2, 0.25) is 0 Å². The Morgan fingerprint density at radius 2 is 1.96 bits per heavy atom. The van der Waals surface area contributed by atoms with Crippen molar-refractivity contribution < 1.29 is 9.53 Å². The number of rotatable bonds is 5. The molecule has 0 atom stereocenters. The van der Waals surface area contributed by atoms with Crippen LogP contribution in [-0.4, -0.2) is 68.4 Å². The largest absolute Gasteiger partial charge is 0.453 e. The van der Waals surface area contributed by atoms with Crippen LogP contribution in [0.5, 0.6) is 0 Å². The molecule has 1 rings (SSSR count). The summed E-state index contributed by atoms with van der Waals surface area (Å²) in [5.74, 6) is 0.847. The Kier molecular flexibility index (Phi) is 8.16. The summed E-state index contributed by atoms with van der Waals surface area (Å²) in [4.78, 5) is 17.8. The number of carbonyl (C=O) groups excluding carboxylic acids is 1. The molecule has 7 nitrogen and oxygen atoms in total. The quantitative estimate of drug-likeness (QED) is 0.401. The number of ether oxygens (including phenoxy) is 1. The smallest absolute Gasteiger partial charge is 0.409 e. The number of aliphatic imine (C=N–C) groups is 1. The molecular weight excluding hydrogens is 294 g/mol. The number of nitrogens with one attached hydrogen (secondary N) is 3. The molecule has 134 valence electrons. The van der Waals surface area contributed by atoms with Gasteiger partial charge in [-0.1, -0.05) is 0 Å². The maximum absolute atomic E-state index is 11.5. The van der Waals surface area contributed by atoms with Gasteiger partial charge in [0.25, 0.3) is 0 Å². The minimum Gasteiger partial charge on any atom is -0.453 e. The lowest BCUT2D eigenvalue weighted by atomic mass is 10.1. The summed E-state index contributed by atoms with van der Waals surface area (Å²) in [6, 6.07) is 0.337. The van der Waals surface area contributed by atoms with Crippen LogP contribution in [-0.2, 0) is 4.74 Å². The summed E-state index contributed by atoms with van der Waals surface area (Å²) in [5.41, 5.74) is 0.113. The van der Waals surface area contributed by atoms with Crippen LogP contribution in [0.3, 0.4) is 0 Å². The van der Waals surface area contributed by atoms with Gasteiger partial charge in [-0.05, 0) is 40.5 Å². The number of hydrogen-bond acceptors (Lipinski definition) is 4. The average molecular weight is 327 g/mol. The van der Waals surface area contributed by atoms with E-state index in [1.54, 1.807) is 4.90 Å². The van der Waals surface area contributed by atoms with Gasteiger partial charge in [0.15, 0.2) is 5.96 Å². The zero-order chi connectivity index (χ0) is 17.3. The molecule has 0 aromatic carbocycles. The van der Waals surface area contributed by atoms with Crippen LogP contribution in [0, 0.1) is 0 Å². The summed E-state index contributed by atoms with van der Waals surface area (Å²) in [6.45, 7) is 12.4. The average Bonchev–Trinajstić information content (AvgIpc) is 2.50. The van der Waals surface area contributed by atoms with E-state index in [0.29, 0.717) is 6.04 Å². The molecule has 1 amide bonds. The lowest BCUT2D eigenvalue weighted by Crippen LogP contribution is -2.50. The molecule has 1 saturated heterocycles. The number of piperidine rings is 1. The first-order chi connectivity index (χ1) is 10.9. The van der Waals surface area contributed by atoms with Gasteiger partial charge in [0, 0.05) is 37.8 Å². The van der Waals surface area contributed by atoms with E-state index < -0.39 is 0 Å². The molecule has 23 heavy (non-hydrogen) atoms. The maximum Gasteiger partial charge on any atom is 0.409 e. The standard InChI is InChI=1S/C16H33N5O2/c1-6-17-14(18-9-10-19-16(2,3)4)20-13-7-11-21(12-8-13)15(22)23-5/h13,19H,6-12H2,1-5H3,(H2,17,18,20). The van der Waals surface area contributed by atoms with Crippen LogP contribution >= 0.6 is 0 Å². The van der Waals surface area contributed by atoms with E-state index in [0.717, 1.165) is 51.5 Å². The van der Waals surface area contributed by atoms with Crippen molar-refractivity contribution in [3.63, 3.8) is 0 Å². The van der Waals surface area contributed by atoms with Crippen molar-refractivity contribution in [1.29, 1.82) is 0 Å². The van der Waals surface area contributed by atoms with Gasteiger partial charge in [0.05, 0.1) is 13.7 Å². The van der Waals surface area contributed by atoms with Gasteiger partial charge >= 0.3 is 6.09 Å². The second-order valence-electron chi connectivity index (χ2n) is 6.81. The molecule has 0 aliphatic carbocycles. The van der Waals surface area contributed by atoms with Crippen molar-refractivity contribution in [3.8, 4) is 0 Å². The SMILES string of the molecule is CCNC(=NCCNC(C)(C)C)NC1CCN(C(=O)OC)CC1. The third kappa shape index (κ3) is 8.06. The van der Waals surface area contributed by atoms with Crippen LogP contribution in [0.25, 0.3) is 0 Å². The summed E-state index contributed by atoms with van der Waals surface area (Å²) >= 11 is 0. The summed E-state index contributed by atoms with van der Waals surface area (Å²) in [5, 5.41) is 10.2. The molecule has 7 heteroatoms. The lowest BCUT2D eigenvalue weighted by Gasteiger charge is -2.32. The van der Waals surface area contributed by atoms with Crippen LogP contribution < -0.4 is 16.0 Å². The molecule has 1 aliphatic heterocycles. The van der Waals surface area contributed by atoms with Crippen LogP contribution in [0.1, 0.15) is 40.5 Å². The van der Waals surface area contributed by atoms with E-state index in [-0.39, 0.29) is 11.6 Å². The van der Waals surface area contributed by atoms with Gasteiger partial charge in [0.1, 0.15) is 0 Å². The number of carbonyl (C=O) groups is 1. The monoisotopic (exact) mass is 327 g/mol. The van der Waals surface area contributed by atoms with Crippen molar-refractivity contribution in [1.82, 2.24) is 20.9 Å². The molecule has 3 N–H and O–H groups in total. The molecule has 0 aromatic rings. The van der Waals surface area contributed by atoms with Gasteiger partial charge < -0.3 is 25.6 Å². The molecular formula is C16H33N5O2. The van der Waals surface area contributed by atoms with E-state index in [2.05, 4.69) is 48.6 Å². The molecule has 1 fully saturated rings. The highest BCUT2D eigenvalue weighted by Gasteiger charge is 2.23. The minimum atomic E-state index is -0.239. The minimum absolute atomic E-state index is 0.113. The Labute approximate surface area is 140 Å². The highest BCUT2D eigenvalue weighted by molar-refractivity contribution is 5.80. The van der Waals surface area contributed by atoms with Crippen molar-refractivity contribution in [3.05, 3.63) is 0 Å². The Morgan fingerprint density at radius 3 is 2.48 bits per heavy atom. The van der Waals surface area contributed by atoms with E-state index in [1.165, 1.54) is 7.11 Å². The van der Waals surface area contributed by atoms with Crippen LogP contribution in [0.4, 0.5) is 4.79 Å². The summed E-state index contributed by atoms with van der Waals surface area (Å²) in [6.07, 6.45) is 1.57. The second-order valence-corrected chi connectivity index (χ2v) is 6.81. The van der Waals surface area contributed by atoms with E-state index in [4.69, 9.17) is 4.74 Å². The highest BCUT2D eigenvalue weighted by Crippen LogP contribution is 2.11. The third-order valence-corrected chi connectivity index (χ3v) is 3.65. The van der Waals surface area contributed by atoms with E-state index in [9.17, 15) is 4.79 Å². The van der Waals surface area contributed by atoms with Gasteiger partial charge in [-0.25, -0.2) is 4.79 Å². The lowest BCUT2D eigenvalue weighted by molar-refractivity contribution is 0.111. The molecule has 1 heterocycles. The first kappa shape index (κ1) is 19.5. The van der Waals surface area contributed by atoms with Gasteiger partial charge in [-0.15, -0.1) is 0 Å². The Hall–Kier alpha value is -1.50. The number of nitrogens with zero attached hydrogens (tertiary/aromatic N) is 2. The predicted molar refractivity (Wildman–Crippen MR) is 93.9 cm³/mol. The molecule has 0 aromatic heterocycles. The first-order valence-electron chi connectivity index (χ1n) is 8.48. The zero-order valence-corrected chi connectivity index (χ0v) is 15.2. The molecule has 0 spiro atoms. The fourth-order valence-electron chi connectivity index (χ4n) is 2.45. The predicted octanol–water partition coefficient (Wildman–Crippen LogP) is 1.16. The number of methoxy groups -OCH3 is 1. The van der Waals surface area contributed by atoms with Crippen molar-refractivity contribution in [2.24, 2.45) is 4.99 Å². The third-order valence-electron chi connectivity index (χ3n) is 3.65. The van der Waals surface area contributed by atoms with Gasteiger partial charge in [-0.2, -0.15) is 0 Å². The zero-order valence-electron chi connectivity index (χ0n) is 15.2. The summed E-state index contributed by atoms with van der Waals surface area (Å²) < 4.78 is 4.76. The first-order valence-corrected chi connectivity index (χ1v) is 8.48. The van der Waals surface area contributed by atoms with Crippen molar-refractivity contribution in [2.75, 3.05) is 39.8 Å². The molecule has 0 radical (unpaired) electrons. The van der Waals surface area contributed by atoms with E-state index in [1.807, 2.05) is 0 Å². The topological polar surface area (TPSA) is 78.0 Å². The van der Waals surface area contributed by atoms with E-state index >= 15 is 0 Å². The second kappa shape index (κ2) is 9.60. The Morgan fingerprint density at radius 1 is 1.30 bits per heavy atom. The molecule has 0 bridgehead atoms. The Bertz CT molecular complexity index is 384. The Balaban J connectivity index is 2.39. The van der Waals surface area contributed by atoms with Crippen LogP contribution in [0.2, 0.25) is 0 Å². The number of likely N-dealkylation sites (tertiary alicyclic amines) is 1. The molecule has 0 unspecified atom stereocenters. The molecule has 1 aliphatic rings. The fraction of sp³-hybridized carbons (Fsp3) is 0.875. The maximum atomic E-state index is 11.5. The number of guanidine groups is 1. The normalized spacial score (nSPS) is 17.1. The van der Waals surface area contributed by atoms with Gasteiger partial charge in [-0.3, -0.25) is 4.99 Å². The van der Waals surface area contributed by atoms with Crippen molar-refractivity contribution in [2.45, 2.75) is 52.1 Å². The van der Waals surface area contributed by atoms with Crippen molar-refractivity contribution >= 4 is 12.1 Å². The number of hydrogen-bond donors (Lipinski definition) is 3. The fourth-order valence-corrected chi connectivity index (χ4v) is 2.45. The highest BCUT2D eigenvalue weighted by atomic mass is 16.5. The summed E-state index contributed by atoms with van der Waals surface area (Å²) in [7, 11) is 1.42.